The quantitative estimate of drug-likeness (QED) is 0.345. The Bertz CT molecular complexity index is 620. The van der Waals surface area contributed by atoms with Crippen LogP contribution in [0.5, 0.6) is 5.75 Å². The van der Waals surface area contributed by atoms with Gasteiger partial charge in [0.25, 0.3) is 0 Å². The van der Waals surface area contributed by atoms with Crippen molar-refractivity contribution in [3.63, 3.8) is 0 Å². The van der Waals surface area contributed by atoms with Crippen LogP contribution in [0, 0.1) is 0 Å². The first-order valence-electron chi connectivity index (χ1n) is 7.10. The van der Waals surface area contributed by atoms with Gasteiger partial charge in [0, 0.05) is 21.5 Å². The average molecular weight is 510 g/mol. The molecule has 0 bridgehead atoms. The van der Waals surface area contributed by atoms with E-state index >= 15 is 0 Å². The highest BCUT2D eigenvalue weighted by atomic mass is 127. The monoisotopic (exact) mass is 509 g/mol. The number of nitrogens with one attached hydrogen (secondary N) is 2. The lowest BCUT2D eigenvalue weighted by Crippen LogP contribution is -2.36. The van der Waals surface area contributed by atoms with Crippen molar-refractivity contribution < 1.29 is 4.74 Å². The Labute approximate surface area is 166 Å². The van der Waals surface area contributed by atoms with Crippen molar-refractivity contribution in [1.29, 1.82) is 0 Å². The molecule has 0 aliphatic carbocycles. The van der Waals surface area contributed by atoms with E-state index < -0.39 is 0 Å². The molecule has 0 aliphatic rings. The Kier molecular flexibility index (Phi) is 9.57. The van der Waals surface area contributed by atoms with Crippen LogP contribution in [0.25, 0.3) is 0 Å². The third-order valence-electron chi connectivity index (χ3n) is 3.00. The summed E-state index contributed by atoms with van der Waals surface area (Å²) < 4.78 is 6.41. The van der Waals surface area contributed by atoms with E-state index in [2.05, 4.69) is 56.0 Å². The molecule has 1 aromatic heterocycles. The number of thiophene rings is 1. The molecule has 23 heavy (non-hydrogen) atoms. The number of guanidine groups is 1. The highest BCUT2D eigenvalue weighted by Crippen LogP contribution is 2.23. The van der Waals surface area contributed by atoms with Crippen molar-refractivity contribution in [3.8, 4) is 5.75 Å². The minimum Gasteiger partial charge on any atom is -0.496 e. The number of hydrogen-bond donors (Lipinski definition) is 2. The number of aliphatic imine (C=N–C) groups is 1. The van der Waals surface area contributed by atoms with Crippen LogP contribution in [-0.2, 0) is 13.1 Å². The molecule has 2 N–H and O–H groups in total. The lowest BCUT2D eigenvalue weighted by Gasteiger charge is -2.12. The standard InChI is InChI=1S/C16H20BrN3OS.HI/c1-3-18-16(20-11-14-5-4-8-22-14)19-10-12-9-13(17)6-7-15(12)21-2;/h4-9H,3,10-11H2,1-2H3,(H2,18,19,20);1H. The van der Waals surface area contributed by atoms with Gasteiger partial charge in [0.1, 0.15) is 5.75 Å². The minimum absolute atomic E-state index is 0. The number of nitrogens with zero attached hydrogens (tertiary/aromatic N) is 1. The van der Waals surface area contributed by atoms with Gasteiger partial charge < -0.3 is 15.4 Å². The lowest BCUT2D eigenvalue weighted by atomic mass is 10.2. The topological polar surface area (TPSA) is 45.7 Å². The highest BCUT2D eigenvalue weighted by Gasteiger charge is 2.04. The molecule has 0 aliphatic heterocycles. The van der Waals surface area contributed by atoms with Gasteiger partial charge in [0.2, 0.25) is 0 Å². The molecule has 2 rings (SSSR count). The maximum Gasteiger partial charge on any atom is 0.191 e. The van der Waals surface area contributed by atoms with E-state index in [1.165, 1.54) is 4.88 Å². The van der Waals surface area contributed by atoms with E-state index in [1.807, 2.05) is 18.2 Å². The fourth-order valence-corrected chi connectivity index (χ4v) is 3.01. The van der Waals surface area contributed by atoms with Crippen molar-refractivity contribution in [3.05, 3.63) is 50.6 Å². The van der Waals surface area contributed by atoms with Crippen LogP contribution in [-0.4, -0.2) is 19.6 Å². The molecule has 0 fully saturated rings. The third kappa shape index (κ3) is 6.68. The van der Waals surface area contributed by atoms with Gasteiger partial charge in [-0.05, 0) is 36.6 Å². The molecule has 0 atom stereocenters. The molecule has 0 saturated carbocycles. The van der Waals surface area contributed by atoms with E-state index in [4.69, 9.17) is 4.74 Å². The summed E-state index contributed by atoms with van der Waals surface area (Å²) in [5, 5.41) is 8.68. The summed E-state index contributed by atoms with van der Waals surface area (Å²) in [4.78, 5) is 5.91. The van der Waals surface area contributed by atoms with E-state index in [9.17, 15) is 0 Å². The fraction of sp³-hybridized carbons (Fsp3) is 0.312. The highest BCUT2D eigenvalue weighted by molar-refractivity contribution is 14.0. The molecule has 0 saturated heterocycles. The van der Waals surface area contributed by atoms with Crippen LogP contribution in [0.3, 0.4) is 0 Å². The van der Waals surface area contributed by atoms with Crippen LogP contribution in [0.15, 0.2) is 45.2 Å². The number of rotatable bonds is 6. The van der Waals surface area contributed by atoms with E-state index in [0.29, 0.717) is 6.54 Å². The molecule has 0 unspecified atom stereocenters. The van der Waals surface area contributed by atoms with Gasteiger partial charge in [-0.15, -0.1) is 35.3 Å². The zero-order chi connectivity index (χ0) is 15.8. The molecule has 4 nitrogen and oxygen atoms in total. The summed E-state index contributed by atoms with van der Waals surface area (Å²) in [5.74, 6) is 1.65. The van der Waals surface area contributed by atoms with Crippen molar-refractivity contribution in [2.75, 3.05) is 13.7 Å². The number of hydrogen-bond acceptors (Lipinski definition) is 3. The molecule has 126 valence electrons. The lowest BCUT2D eigenvalue weighted by molar-refractivity contribution is 0.409. The summed E-state index contributed by atoms with van der Waals surface area (Å²) in [6.45, 7) is 4.22. The van der Waals surface area contributed by atoms with Gasteiger partial charge in [-0.3, -0.25) is 0 Å². The molecular weight excluding hydrogens is 489 g/mol. The predicted molar refractivity (Wildman–Crippen MR) is 112 cm³/mol. The molecular formula is C16H21BrIN3OS. The normalized spacial score (nSPS) is 10.8. The van der Waals surface area contributed by atoms with E-state index in [0.717, 1.165) is 34.8 Å². The van der Waals surface area contributed by atoms with Gasteiger partial charge in [0.05, 0.1) is 20.2 Å². The molecule has 7 heteroatoms. The predicted octanol–water partition coefficient (Wildman–Crippen LogP) is 4.39. The number of halogens is 2. The second-order valence-electron chi connectivity index (χ2n) is 4.58. The Hall–Kier alpha value is -0.800. The summed E-state index contributed by atoms with van der Waals surface area (Å²) in [5.41, 5.74) is 1.05. The maximum absolute atomic E-state index is 5.38. The van der Waals surface area contributed by atoms with Crippen LogP contribution in [0.2, 0.25) is 0 Å². The molecule has 0 spiro atoms. The Morgan fingerprint density at radius 2 is 2.13 bits per heavy atom. The van der Waals surface area contributed by atoms with Crippen molar-refractivity contribution in [1.82, 2.24) is 10.6 Å². The first-order chi connectivity index (χ1) is 10.7. The van der Waals surface area contributed by atoms with Crippen LogP contribution < -0.4 is 15.4 Å². The maximum atomic E-state index is 5.38. The Morgan fingerprint density at radius 1 is 1.30 bits per heavy atom. The van der Waals surface area contributed by atoms with Gasteiger partial charge in [0.15, 0.2) is 5.96 Å². The molecule has 2 aromatic rings. The smallest absolute Gasteiger partial charge is 0.191 e. The number of methoxy groups -OCH3 is 1. The van der Waals surface area contributed by atoms with Gasteiger partial charge >= 0.3 is 0 Å². The van der Waals surface area contributed by atoms with Gasteiger partial charge in [-0.2, -0.15) is 0 Å². The zero-order valence-corrected chi connectivity index (χ0v) is 17.9. The summed E-state index contributed by atoms with van der Waals surface area (Å²) >= 11 is 5.22. The average Bonchev–Trinajstić information content (AvgIpc) is 3.03. The first-order valence-corrected chi connectivity index (χ1v) is 8.77. The van der Waals surface area contributed by atoms with E-state index in [1.54, 1.807) is 18.4 Å². The summed E-state index contributed by atoms with van der Waals surface area (Å²) in [6.07, 6.45) is 0. The van der Waals surface area contributed by atoms with Crippen molar-refractivity contribution in [2.45, 2.75) is 20.0 Å². The first kappa shape index (κ1) is 20.2. The Morgan fingerprint density at radius 3 is 2.78 bits per heavy atom. The molecule has 0 amide bonds. The number of ether oxygens (including phenoxy) is 1. The molecule has 1 heterocycles. The summed E-state index contributed by atoms with van der Waals surface area (Å²) in [7, 11) is 1.68. The second-order valence-corrected chi connectivity index (χ2v) is 6.53. The van der Waals surface area contributed by atoms with Crippen LogP contribution >= 0.6 is 51.2 Å². The van der Waals surface area contributed by atoms with E-state index in [-0.39, 0.29) is 24.0 Å². The van der Waals surface area contributed by atoms with Gasteiger partial charge in [-0.1, -0.05) is 22.0 Å². The number of benzene rings is 1. The molecule has 0 radical (unpaired) electrons. The Balaban J connectivity index is 0.00000264. The van der Waals surface area contributed by atoms with Gasteiger partial charge in [-0.25, -0.2) is 4.99 Å². The van der Waals surface area contributed by atoms with Crippen molar-refractivity contribution in [2.24, 2.45) is 4.99 Å². The summed E-state index contributed by atoms with van der Waals surface area (Å²) in [6, 6.07) is 10.1. The fourth-order valence-electron chi connectivity index (χ4n) is 1.96. The molecule has 1 aromatic carbocycles. The second kappa shape index (κ2) is 10.9. The van der Waals surface area contributed by atoms with Crippen molar-refractivity contribution >= 4 is 57.2 Å². The van der Waals surface area contributed by atoms with Crippen LogP contribution in [0.4, 0.5) is 0 Å². The zero-order valence-electron chi connectivity index (χ0n) is 13.1. The van der Waals surface area contributed by atoms with Crippen LogP contribution in [0.1, 0.15) is 17.4 Å². The SMILES string of the molecule is CCNC(=NCc1cc(Br)ccc1OC)NCc1cccs1.I. The minimum atomic E-state index is 0. The third-order valence-corrected chi connectivity index (χ3v) is 4.37. The largest absolute Gasteiger partial charge is 0.496 e.